The maximum atomic E-state index is 12.9. The van der Waals surface area contributed by atoms with E-state index >= 15 is 0 Å². The Hall–Kier alpha value is -3.08. The van der Waals surface area contributed by atoms with Gasteiger partial charge in [0.15, 0.2) is 0 Å². The molecule has 1 amide bonds. The third kappa shape index (κ3) is 4.87. The largest absolute Gasteiger partial charge is 0.465 e. The summed E-state index contributed by atoms with van der Waals surface area (Å²) in [4.78, 5) is 26.9. The van der Waals surface area contributed by atoms with Crippen molar-refractivity contribution < 1.29 is 14.3 Å². The molecule has 32 heavy (non-hydrogen) atoms. The van der Waals surface area contributed by atoms with Gasteiger partial charge in [-0.3, -0.25) is 4.79 Å². The number of aryl methyl sites for hydroxylation is 1. The van der Waals surface area contributed by atoms with E-state index in [0.29, 0.717) is 5.56 Å². The number of carbonyl (C=O) groups is 2. The molecule has 0 aromatic heterocycles. The second-order valence-electron chi connectivity index (χ2n) is 9.00. The van der Waals surface area contributed by atoms with E-state index in [1.165, 1.54) is 12.7 Å². The zero-order valence-electron chi connectivity index (χ0n) is 18.8. The quantitative estimate of drug-likeness (QED) is 0.506. The van der Waals surface area contributed by atoms with Crippen LogP contribution in [0.15, 0.2) is 61.2 Å². The third-order valence-corrected chi connectivity index (χ3v) is 6.96. The maximum Gasteiger partial charge on any atom is 0.337 e. The van der Waals surface area contributed by atoms with Crippen LogP contribution in [0.4, 0.5) is 5.69 Å². The SMILES string of the molecule is C=CCCc1cccc(C(=O)NC2CC23CCCN(c2ccc(C(=O)OC)cc2)CC3)c1. The van der Waals surface area contributed by atoms with E-state index < -0.39 is 0 Å². The summed E-state index contributed by atoms with van der Waals surface area (Å²) >= 11 is 0. The highest BCUT2D eigenvalue weighted by molar-refractivity contribution is 5.94. The highest BCUT2D eigenvalue weighted by Gasteiger charge is 2.54. The van der Waals surface area contributed by atoms with E-state index in [2.05, 4.69) is 22.9 Å². The Balaban J connectivity index is 1.34. The molecule has 2 fully saturated rings. The minimum atomic E-state index is -0.311. The van der Waals surface area contributed by atoms with Crippen LogP contribution in [-0.4, -0.2) is 38.1 Å². The van der Waals surface area contributed by atoms with E-state index in [9.17, 15) is 9.59 Å². The number of hydrogen-bond donors (Lipinski definition) is 1. The Morgan fingerprint density at radius 2 is 1.97 bits per heavy atom. The second kappa shape index (κ2) is 9.60. The van der Waals surface area contributed by atoms with Gasteiger partial charge in [0.1, 0.15) is 0 Å². The van der Waals surface area contributed by atoms with Crippen molar-refractivity contribution in [1.82, 2.24) is 5.32 Å². The van der Waals surface area contributed by atoms with E-state index in [0.717, 1.165) is 62.9 Å². The molecule has 5 heteroatoms. The molecule has 5 nitrogen and oxygen atoms in total. The number of amides is 1. The average molecular weight is 433 g/mol. The third-order valence-electron chi connectivity index (χ3n) is 6.96. The molecule has 2 atom stereocenters. The van der Waals surface area contributed by atoms with Crippen molar-refractivity contribution in [2.45, 2.75) is 44.6 Å². The lowest BCUT2D eigenvalue weighted by molar-refractivity contribution is 0.0600. The zero-order valence-corrected chi connectivity index (χ0v) is 18.8. The smallest absolute Gasteiger partial charge is 0.337 e. The summed E-state index contributed by atoms with van der Waals surface area (Å²) in [5, 5.41) is 3.29. The van der Waals surface area contributed by atoms with Gasteiger partial charge in [0.05, 0.1) is 12.7 Å². The fourth-order valence-electron chi connectivity index (χ4n) is 4.88. The standard InChI is InChI=1S/C27H32N2O3/c1-3-4-7-20-8-5-9-22(18-20)25(30)28-24-19-27(24)14-6-16-29(17-15-27)23-12-10-21(11-13-23)26(31)32-2/h3,5,8-13,18,24H,1,4,6-7,14-17,19H2,2H3,(H,28,30). The van der Waals surface area contributed by atoms with Crippen LogP contribution in [0.3, 0.4) is 0 Å². The molecule has 2 aromatic carbocycles. The van der Waals surface area contributed by atoms with Gasteiger partial charge in [-0.2, -0.15) is 0 Å². The predicted octanol–water partition coefficient (Wildman–Crippen LogP) is 4.77. The van der Waals surface area contributed by atoms with Crippen molar-refractivity contribution >= 4 is 17.6 Å². The summed E-state index contributed by atoms with van der Waals surface area (Å²) in [5.41, 5.74) is 3.84. The Labute approximate surface area is 190 Å². The summed E-state index contributed by atoms with van der Waals surface area (Å²) in [6, 6.07) is 15.8. The number of allylic oxidation sites excluding steroid dienone is 1. The molecule has 1 aliphatic heterocycles. The molecular formula is C27H32N2O3. The molecule has 1 saturated carbocycles. The molecule has 168 valence electrons. The van der Waals surface area contributed by atoms with Crippen molar-refractivity contribution in [3.8, 4) is 0 Å². The number of nitrogens with one attached hydrogen (secondary N) is 1. The van der Waals surface area contributed by atoms with Crippen LogP contribution >= 0.6 is 0 Å². The molecule has 1 N–H and O–H groups in total. The zero-order chi connectivity index (χ0) is 22.6. The minimum absolute atomic E-state index is 0.0341. The van der Waals surface area contributed by atoms with Crippen molar-refractivity contribution in [3.63, 3.8) is 0 Å². The second-order valence-corrected chi connectivity index (χ2v) is 9.00. The molecular weight excluding hydrogens is 400 g/mol. The molecule has 1 spiro atoms. The number of hydrogen-bond acceptors (Lipinski definition) is 4. The summed E-state index contributed by atoms with van der Waals surface area (Å²) in [6.07, 6.45) is 8.09. The Bertz CT molecular complexity index is 985. The van der Waals surface area contributed by atoms with Crippen LogP contribution in [0.1, 0.15) is 58.4 Å². The summed E-state index contributed by atoms with van der Waals surface area (Å²) in [5.74, 6) is -0.277. The van der Waals surface area contributed by atoms with Gasteiger partial charge in [-0.1, -0.05) is 18.2 Å². The van der Waals surface area contributed by atoms with E-state index in [1.54, 1.807) is 0 Å². The monoisotopic (exact) mass is 432 g/mol. The van der Waals surface area contributed by atoms with Gasteiger partial charge in [-0.05, 0) is 85.9 Å². The Morgan fingerprint density at radius 1 is 1.16 bits per heavy atom. The van der Waals surface area contributed by atoms with Gasteiger partial charge in [0.25, 0.3) is 5.91 Å². The van der Waals surface area contributed by atoms with Gasteiger partial charge in [0, 0.05) is 30.4 Å². The maximum absolute atomic E-state index is 12.9. The van der Waals surface area contributed by atoms with Crippen LogP contribution in [0, 0.1) is 5.41 Å². The number of nitrogens with zero attached hydrogens (tertiary/aromatic N) is 1. The van der Waals surface area contributed by atoms with E-state index in [-0.39, 0.29) is 23.3 Å². The van der Waals surface area contributed by atoms with Gasteiger partial charge in [0.2, 0.25) is 0 Å². The number of rotatable bonds is 7. The molecule has 0 radical (unpaired) electrons. The normalized spacial score (nSPS) is 22.2. The van der Waals surface area contributed by atoms with Gasteiger partial charge in [-0.25, -0.2) is 4.79 Å². The predicted molar refractivity (Wildman–Crippen MR) is 127 cm³/mol. The summed E-state index contributed by atoms with van der Waals surface area (Å²) in [7, 11) is 1.40. The molecule has 0 bridgehead atoms. The van der Waals surface area contributed by atoms with Crippen LogP contribution < -0.4 is 10.2 Å². The minimum Gasteiger partial charge on any atom is -0.465 e. The van der Waals surface area contributed by atoms with E-state index in [4.69, 9.17) is 4.74 Å². The van der Waals surface area contributed by atoms with Crippen LogP contribution in [0.25, 0.3) is 0 Å². The number of benzene rings is 2. The van der Waals surface area contributed by atoms with Crippen molar-refractivity contribution in [1.29, 1.82) is 0 Å². The van der Waals surface area contributed by atoms with Gasteiger partial charge < -0.3 is 15.0 Å². The lowest BCUT2D eigenvalue weighted by atomic mass is 9.96. The van der Waals surface area contributed by atoms with Crippen LogP contribution in [0.5, 0.6) is 0 Å². The van der Waals surface area contributed by atoms with Crippen molar-refractivity contribution in [2.24, 2.45) is 5.41 Å². The number of anilines is 1. The fraction of sp³-hybridized carbons (Fsp3) is 0.407. The first-order valence-corrected chi connectivity index (χ1v) is 11.5. The molecule has 2 unspecified atom stereocenters. The first-order chi connectivity index (χ1) is 15.5. The molecule has 2 aromatic rings. The van der Waals surface area contributed by atoms with Crippen molar-refractivity contribution in [3.05, 3.63) is 77.9 Å². The average Bonchev–Trinajstić information content (AvgIpc) is 3.56. The topological polar surface area (TPSA) is 58.6 Å². The van der Waals surface area contributed by atoms with Gasteiger partial charge >= 0.3 is 5.97 Å². The molecule has 1 aliphatic carbocycles. The highest BCUT2D eigenvalue weighted by atomic mass is 16.5. The summed E-state index contributed by atoms with van der Waals surface area (Å²) < 4.78 is 4.79. The van der Waals surface area contributed by atoms with Crippen LogP contribution in [-0.2, 0) is 11.2 Å². The highest BCUT2D eigenvalue weighted by Crippen LogP contribution is 2.54. The Morgan fingerprint density at radius 3 is 2.72 bits per heavy atom. The number of ether oxygens (including phenoxy) is 1. The molecule has 1 heterocycles. The first kappa shape index (κ1) is 22.1. The number of esters is 1. The lowest BCUT2D eigenvalue weighted by Crippen LogP contribution is -2.30. The summed E-state index contributed by atoms with van der Waals surface area (Å²) in [6.45, 7) is 5.73. The fourth-order valence-corrected chi connectivity index (χ4v) is 4.88. The number of carbonyl (C=O) groups excluding carboxylic acids is 2. The Kier molecular flexibility index (Phi) is 6.63. The number of methoxy groups -OCH3 is 1. The van der Waals surface area contributed by atoms with E-state index in [1.807, 2.05) is 48.5 Å². The van der Waals surface area contributed by atoms with Gasteiger partial charge in [-0.15, -0.1) is 6.58 Å². The molecule has 4 rings (SSSR count). The van der Waals surface area contributed by atoms with Crippen molar-refractivity contribution in [2.75, 3.05) is 25.1 Å². The lowest BCUT2D eigenvalue weighted by Gasteiger charge is -2.23. The molecule has 1 saturated heterocycles. The first-order valence-electron chi connectivity index (χ1n) is 11.5. The molecule has 2 aliphatic rings. The van der Waals surface area contributed by atoms with Crippen LogP contribution in [0.2, 0.25) is 0 Å².